The van der Waals surface area contributed by atoms with Gasteiger partial charge in [-0.25, -0.2) is 0 Å². The number of anilines is 1. The number of benzene rings is 2. The van der Waals surface area contributed by atoms with Crippen molar-refractivity contribution < 1.29 is 18.8 Å². The van der Waals surface area contributed by atoms with E-state index in [9.17, 15) is 9.59 Å². The topological polar surface area (TPSA) is 120 Å². The van der Waals surface area contributed by atoms with Crippen LogP contribution in [0.3, 0.4) is 0 Å². The van der Waals surface area contributed by atoms with E-state index >= 15 is 0 Å². The summed E-state index contributed by atoms with van der Waals surface area (Å²) in [6.45, 7) is 2.52. The van der Waals surface area contributed by atoms with Crippen molar-refractivity contribution in [3.63, 3.8) is 0 Å². The standard InChI is InChI=1S/C20H20N4O4/c1-2-27-16-9-5-14(6-10-16)20-23-18(28-24-20)12-11-17(25)22-15-7-3-13(4-8-15)19(21)26/h3-10H,2,11-12H2,1H3,(H2,21,26)(H,22,25). The van der Waals surface area contributed by atoms with Crippen molar-refractivity contribution in [1.29, 1.82) is 0 Å². The van der Waals surface area contributed by atoms with Crippen molar-refractivity contribution in [2.24, 2.45) is 5.73 Å². The molecule has 2 amide bonds. The second kappa shape index (κ2) is 8.81. The van der Waals surface area contributed by atoms with Crippen LogP contribution in [0.15, 0.2) is 53.1 Å². The van der Waals surface area contributed by atoms with Crippen LogP contribution in [-0.2, 0) is 11.2 Å². The average molecular weight is 380 g/mol. The third-order valence-corrected chi connectivity index (χ3v) is 3.91. The van der Waals surface area contributed by atoms with Crippen LogP contribution in [0.2, 0.25) is 0 Å². The first kappa shape index (κ1) is 19.1. The quantitative estimate of drug-likeness (QED) is 0.620. The van der Waals surface area contributed by atoms with Gasteiger partial charge in [0, 0.05) is 29.7 Å². The molecular formula is C20H20N4O4. The summed E-state index contributed by atoms with van der Waals surface area (Å²) in [5, 5.41) is 6.69. The molecule has 8 heteroatoms. The molecule has 28 heavy (non-hydrogen) atoms. The second-order valence-electron chi connectivity index (χ2n) is 5.96. The van der Waals surface area contributed by atoms with E-state index in [0.29, 0.717) is 36.0 Å². The van der Waals surface area contributed by atoms with E-state index in [1.54, 1.807) is 24.3 Å². The molecule has 8 nitrogen and oxygen atoms in total. The zero-order chi connectivity index (χ0) is 19.9. The number of ether oxygens (including phenoxy) is 1. The van der Waals surface area contributed by atoms with Gasteiger partial charge in [0.25, 0.3) is 0 Å². The molecule has 0 bridgehead atoms. The van der Waals surface area contributed by atoms with E-state index in [2.05, 4.69) is 15.5 Å². The van der Waals surface area contributed by atoms with Gasteiger partial charge in [-0.1, -0.05) is 5.16 Å². The first-order chi connectivity index (χ1) is 13.5. The molecule has 0 fully saturated rings. The monoisotopic (exact) mass is 380 g/mol. The van der Waals surface area contributed by atoms with E-state index in [4.69, 9.17) is 15.0 Å². The normalized spacial score (nSPS) is 10.5. The number of carbonyl (C=O) groups excluding carboxylic acids is 2. The van der Waals surface area contributed by atoms with Crippen molar-refractivity contribution in [3.05, 3.63) is 60.0 Å². The highest BCUT2D eigenvalue weighted by molar-refractivity contribution is 5.94. The Morgan fingerprint density at radius 2 is 1.82 bits per heavy atom. The van der Waals surface area contributed by atoms with Crippen molar-refractivity contribution in [2.45, 2.75) is 19.8 Å². The van der Waals surface area contributed by atoms with Gasteiger partial charge in [0.05, 0.1) is 6.61 Å². The smallest absolute Gasteiger partial charge is 0.248 e. The van der Waals surface area contributed by atoms with Gasteiger partial charge in [0.1, 0.15) is 5.75 Å². The minimum atomic E-state index is -0.516. The van der Waals surface area contributed by atoms with Crippen LogP contribution in [0.4, 0.5) is 5.69 Å². The zero-order valence-electron chi connectivity index (χ0n) is 15.3. The van der Waals surface area contributed by atoms with Crippen LogP contribution in [0.25, 0.3) is 11.4 Å². The molecule has 2 aromatic carbocycles. The average Bonchev–Trinajstić information content (AvgIpc) is 3.17. The van der Waals surface area contributed by atoms with Crippen LogP contribution < -0.4 is 15.8 Å². The molecule has 144 valence electrons. The molecule has 0 aliphatic rings. The van der Waals surface area contributed by atoms with Gasteiger partial charge in [-0.3, -0.25) is 9.59 Å². The molecule has 1 heterocycles. The maximum Gasteiger partial charge on any atom is 0.248 e. The molecule has 0 saturated heterocycles. The van der Waals surface area contributed by atoms with Gasteiger partial charge in [-0.2, -0.15) is 4.98 Å². The van der Waals surface area contributed by atoms with E-state index in [0.717, 1.165) is 11.3 Å². The molecule has 3 rings (SSSR count). The Balaban J connectivity index is 1.53. The molecule has 0 atom stereocenters. The molecule has 3 aromatic rings. The Morgan fingerprint density at radius 3 is 2.46 bits per heavy atom. The van der Waals surface area contributed by atoms with E-state index in [1.165, 1.54) is 0 Å². The number of nitrogens with one attached hydrogen (secondary N) is 1. The molecule has 0 saturated carbocycles. The van der Waals surface area contributed by atoms with E-state index < -0.39 is 5.91 Å². The summed E-state index contributed by atoms with van der Waals surface area (Å²) in [4.78, 5) is 27.4. The lowest BCUT2D eigenvalue weighted by molar-refractivity contribution is -0.116. The highest BCUT2D eigenvalue weighted by atomic mass is 16.5. The van der Waals surface area contributed by atoms with E-state index in [-0.39, 0.29) is 12.3 Å². The Morgan fingerprint density at radius 1 is 1.11 bits per heavy atom. The van der Waals surface area contributed by atoms with Gasteiger partial charge in [-0.15, -0.1) is 0 Å². The van der Waals surface area contributed by atoms with Gasteiger partial charge in [0.15, 0.2) is 0 Å². The van der Waals surface area contributed by atoms with Crippen molar-refractivity contribution in [2.75, 3.05) is 11.9 Å². The predicted octanol–water partition coefficient (Wildman–Crippen LogP) is 2.81. The maximum absolute atomic E-state index is 12.1. The lowest BCUT2D eigenvalue weighted by atomic mass is 10.2. The van der Waals surface area contributed by atoms with Gasteiger partial charge in [0.2, 0.25) is 23.5 Å². The third-order valence-electron chi connectivity index (χ3n) is 3.91. The summed E-state index contributed by atoms with van der Waals surface area (Å²) in [6.07, 6.45) is 0.498. The van der Waals surface area contributed by atoms with Gasteiger partial charge in [-0.05, 0) is 55.5 Å². The van der Waals surface area contributed by atoms with E-state index in [1.807, 2.05) is 31.2 Å². The molecule has 0 aliphatic carbocycles. The summed E-state index contributed by atoms with van der Waals surface area (Å²) in [7, 11) is 0. The fourth-order valence-corrected chi connectivity index (χ4v) is 2.50. The Bertz CT molecular complexity index is 949. The minimum absolute atomic E-state index is 0.183. The summed E-state index contributed by atoms with van der Waals surface area (Å²) < 4.78 is 10.6. The Kier molecular flexibility index (Phi) is 6.01. The van der Waals surface area contributed by atoms with Gasteiger partial charge < -0.3 is 20.3 Å². The molecular weight excluding hydrogens is 360 g/mol. The van der Waals surface area contributed by atoms with Crippen molar-refractivity contribution in [3.8, 4) is 17.1 Å². The Labute approximate surface area is 161 Å². The highest BCUT2D eigenvalue weighted by Gasteiger charge is 2.11. The fourth-order valence-electron chi connectivity index (χ4n) is 2.50. The summed E-state index contributed by atoms with van der Waals surface area (Å²) in [6, 6.07) is 13.7. The van der Waals surface area contributed by atoms with Gasteiger partial charge >= 0.3 is 0 Å². The number of nitrogens with zero attached hydrogens (tertiary/aromatic N) is 2. The summed E-state index contributed by atoms with van der Waals surface area (Å²) in [5.41, 5.74) is 6.95. The Hall–Kier alpha value is -3.68. The molecule has 0 unspecified atom stereocenters. The van der Waals surface area contributed by atoms with Crippen LogP contribution in [0.5, 0.6) is 5.75 Å². The number of hydrogen-bond donors (Lipinski definition) is 2. The largest absolute Gasteiger partial charge is 0.494 e. The zero-order valence-corrected chi connectivity index (χ0v) is 15.3. The fraction of sp³-hybridized carbons (Fsp3) is 0.200. The number of aromatic nitrogens is 2. The number of rotatable bonds is 8. The van der Waals surface area contributed by atoms with Crippen LogP contribution >= 0.6 is 0 Å². The first-order valence-electron chi connectivity index (χ1n) is 8.80. The molecule has 3 N–H and O–H groups in total. The SMILES string of the molecule is CCOc1ccc(-c2noc(CCC(=O)Nc3ccc(C(N)=O)cc3)n2)cc1. The summed E-state index contributed by atoms with van der Waals surface area (Å²) in [5.74, 6) is 0.893. The molecule has 0 spiro atoms. The van der Waals surface area contributed by atoms with Crippen molar-refractivity contribution in [1.82, 2.24) is 10.1 Å². The molecule has 0 aliphatic heterocycles. The third kappa shape index (κ3) is 4.94. The number of aryl methyl sites for hydroxylation is 1. The molecule has 0 radical (unpaired) electrons. The number of nitrogens with two attached hydrogens (primary N) is 1. The number of amides is 2. The lowest BCUT2D eigenvalue weighted by Crippen LogP contribution is -2.13. The summed E-state index contributed by atoms with van der Waals surface area (Å²) >= 11 is 0. The first-order valence-corrected chi connectivity index (χ1v) is 8.80. The highest BCUT2D eigenvalue weighted by Crippen LogP contribution is 2.20. The van der Waals surface area contributed by atoms with Crippen LogP contribution in [-0.4, -0.2) is 28.6 Å². The molecule has 1 aromatic heterocycles. The lowest BCUT2D eigenvalue weighted by Gasteiger charge is -2.04. The van der Waals surface area contributed by atoms with Crippen LogP contribution in [0, 0.1) is 0 Å². The number of hydrogen-bond acceptors (Lipinski definition) is 6. The van der Waals surface area contributed by atoms with Crippen molar-refractivity contribution >= 4 is 17.5 Å². The predicted molar refractivity (Wildman–Crippen MR) is 103 cm³/mol. The number of primary amides is 1. The van der Waals surface area contributed by atoms with Crippen LogP contribution in [0.1, 0.15) is 29.6 Å². The second-order valence-corrected chi connectivity index (χ2v) is 5.96. The maximum atomic E-state index is 12.1. The number of carbonyl (C=O) groups is 2. The minimum Gasteiger partial charge on any atom is -0.494 e.